The maximum atomic E-state index is 12.0. The van der Waals surface area contributed by atoms with Crippen LogP contribution in [0.5, 0.6) is 0 Å². The molecule has 0 bridgehead atoms. The first-order valence-electron chi connectivity index (χ1n) is 6.93. The van der Waals surface area contributed by atoms with E-state index in [1.165, 1.54) is 6.07 Å². The molecule has 0 radical (unpaired) electrons. The number of aromatic nitrogens is 5. The zero-order chi connectivity index (χ0) is 16.7. The Morgan fingerprint density at radius 2 is 2.12 bits per heavy atom. The van der Waals surface area contributed by atoms with E-state index in [1.54, 1.807) is 24.5 Å². The van der Waals surface area contributed by atoms with Gasteiger partial charge in [-0.05, 0) is 22.9 Å². The lowest BCUT2D eigenvalue weighted by atomic mass is 9.99. The van der Waals surface area contributed by atoms with Gasteiger partial charge < -0.3 is 0 Å². The van der Waals surface area contributed by atoms with Crippen molar-refractivity contribution in [1.29, 1.82) is 0 Å². The fourth-order valence-electron chi connectivity index (χ4n) is 2.64. The second-order valence-electron chi connectivity index (χ2n) is 5.19. The number of rotatable bonds is 3. The first-order chi connectivity index (χ1) is 11.5. The average molecular weight is 341 g/mol. The fourth-order valence-corrected chi connectivity index (χ4v) is 3.39. The third kappa shape index (κ3) is 2.37. The molecule has 0 fully saturated rings. The van der Waals surface area contributed by atoms with Crippen molar-refractivity contribution >= 4 is 16.2 Å². The van der Waals surface area contributed by atoms with Crippen LogP contribution >= 0.6 is 0 Å². The number of nitrogens with zero attached hydrogens (tertiary/aromatic N) is 5. The number of hydrogen-bond donors (Lipinski definition) is 2. The number of H-pyrrole nitrogens is 1. The van der Waals surface area contributed by atoms with Gasteiger partial charge in [0.05, 0.1) is 22.7 Å². The quantitative estimate of drug-likeness (QED) is 0.711. The summed E-state index contributed by atoms with van der Waals surface area (Å²) in [6, 6.07) is 6.67. The summed E-state index contributed by atoms with van der Waals surface area (Å²) in [5.74, 6) is 0.142. The Labute approximate surface area is 136 Å². The highest BCUT2D eigenvalue weighted by Gasteiger charge is 2.23. The van der Waals surface area contributed by atoms with E-state index < -0.39 is 10.0 Å². The predicted octanol–water partition coefficient (Wildman–Crippen LogP) is 0.509. The minimum absolute atomic E-state index is 0.0736. The predicted molar refractivity (Wildman–Crippen MR) is 85.5 cm³/mol. The van der Waals surface area contributed by atoms with Gasteiger partial charge in [0.2, 0.25) is 15.8 Å². The number of primary sulfonamides is 1. The van der Waals surface area contributed by atoms with Crippen LogP contribution in [0.25, 0.3) is 22.5 Å². The van der Waals surface area contributed by atoms with Crippen molar-refractivity contribution in [2.45, 2.75) is 11.4 Å². The molecule has 1 aliphatic heterocycles. The molecule has 10 heteroatoms. The molecule has 0 saturated carbocycles. The first-order valence-corrected chi connectivity index (χ1v) is 8.47. The number of nitrogens with two attached hydrogens (primary N) is 1. The van der Waals surface area contributed by atoms with E-state index in [0.717, 1.165) is 11.3 Å². The van der Waals surface area contributed by atoms with Crippen molar-refractivity contribution < 1.29 is 8.42 Å². The summed E-state index contributed by atoms with van der Waals surface area (Å²) in [5, 5.41) is 19.0. The van der Waals surface area contributed by atoms with Gasteiger partial charge in [0.15, 0.2) is 0 Å². The molecule has 0 aliphatic carbocycles. The van der Waals surface area contributed by atoms with Crippen LogP contribution in [-0.2, 0) is 16.6 Å². The van der Waals surface area contributed by atoms with E-state index in [1.807, 2.05) is 6.07 Å². The molecule has 3 heterocycles. The Kier molecular flexibility index (Phi) is 3.22. The fraction of sp³-hybridized carbons (Fsp3) is 0.0714. The summed E-state index contributed by atoms with van der Waals surface area (Å²) < 4.78 is 23.9. The Balaban J connectivity index is 2.01. The van der Waals surface area contributed by atoms with Gasteiger partial charge in [-0.15, -0.1) is 10.2 Å². The van der Waals surface area contributed by atoms with E-state index in [4.69, 9.17) is 5.14 Å². The number of hydrogen-bond acceptors (Lipinski definition) is 7. The summed E-state index contributed by atoms with van der Waals surface area (Å²) in [5.41, 5.74) is 3.37. The molecule has 1 aliphatic rings. The van der Waals surface area contributed by atoms with Crippen LogP contribution < -0.4 is 5.14 Å². The van der Waals surface area contributed by atoms with Crippen LogP contribution in [0.2, 0.25) is 0 Å². The molecule has 0 spiro atoms. The molecule has 24 heavy (non-hydrogen) atoms. The van der Waals surface area contributed by atoms with E-state index in [-0.39, 0.29) is 16.3 Å². The van der Waals surface area contributed by atoms with Gasteiger partial charge in [-0.1, -0.05) is 12.1 Å². The third-order valence-corrected chi connectivity index (χ3v) is 4.64. The van der Waals surface area contributed by atoms with Crippen molar-refractivity contribution in [1.82, 2.24) is 25.6 Å². The highest BCUT2D eigenvalue weighted by molar-refractivity contribution is 7.89. The zero-order valence-corrected chi connectivity index (χ0v) is 13.0. The third-order valence-electron chi connectivity index (χ3n) is 3.69. The first kappa shape index (κ1) is 14.6. The molecule has 2 aromatic heterocycles. The molecule has 0 atom stereocenters. The van der Waals surface area contributed by atoms with E-state index in [0.29, 0.717) is 17.7 Å². The lowest BCUT2D eigenvalue weighted by Crippen LogP contribution is -2.14. The van der Waals surface area contributed by atoms with Crippen molar-refractivity contribution in [2.24, 2.45) is 10.1 Å². The molecule has 120 valence electrons. The minimum atomic E-state index is -3.97. The van der Waals surface area contributed by atoms with Crippen molar-refractivity contribution in [3.63, 3.8) is 0 Å². The van der Waals surface area contributed by atoms with Gasteiger partial charge in [0.25, 0.3) is 0 Å². The zero-order valence-electron chi connectivity index (χ0n) is 12.2. The largest absolute Gasteiger partial charge is 0.286 e. The normalized spacial score (nSPS) is 13.2. The molecule has 1 aromatic carbocycles. The maximum Gasteiger partial charge on any atom is 0.238 e. The van der Waals surface area contributed by atoms with Crippen LogP contribution in [0.3, 0.4) is 0 Å². The Hall–Kier alpha value is -2.98. The number of pyridine rings is 1. The summed E-state index contributed by atoms with van der Waals surface area (Å²) in [6.45, 7) is 0.546. The molecule has 4 rings (SSSR count). The molecule has 0 unspecified atom stereocenters. The molecular weight excluding hydrogens is 330 g/mol. The smallest absolute Gasteiger partial charge is 0.238 e. The summed E-state index contributed by atoms with van der Waals surface area (Å²) in [4.78, 5) is 8.48. The van der Waals surface area contributed by atoms with Crippen LogP contribution in [0, 0.1) is 0 Å². The van der Waals surface area contributed by atoms with Crippen LogP contribution in [-0.4, -0.2) is 40.2 Å². The van der Waals surface area contributed by atoms with Crippen LogP contribution in [0.15, 0.2) is 40.4 Å². The number of benzene rings is 1. The second-order valence-corrected chi connectivity index (χ2v) is 6.72. The van der Waals surface area contributed by atoms with Crippen molar-refractivity contribution in [3.05, 3.63) is 41.7 Å². The minimum Gasteiger partial charge on any atom is -0.286 e. The van der Waals surface area contributed by atoms with Gasteiger partial charge >= 0.3 is 0 Å². The van der Waals surface area contributed by atoms with Crippen LogP contribution in [0.1, 0.15) is 11.3 Å². The summed E-state index contributed by atoms with van der Waals surface area (Å²) in [7, 11) is -3.97. The number of nitrogens with one attached hydrogen (secondary N) is 1. The number of aliphatic imine (C=N–C) groups is 1. The topological polar surface area (TPSA) is 140 Å². The van der Waals surface area contributed by atoms with Gasteiger partial charge in [0, 0.05) is 23.5 Å². The van der Waals surface area contributed by atoms with Gasteiger partial charge in [-0.25, -0.2) is 13.6 Å². The molecular formula is C14H11N7O2S. The van der Waals surface area contributed by atoms with Crippen molar-refractivity contribution in [3.8, 4) is 22.5 Å². The number of tetrazole rings is 1. The second kappa shape index (κ2) is 5.28. The number of fused-ring (bicyclic) bond motifs is 1. The summed E-state index contributed by atoms with van der Waals surface area (Å²) >= 11 is 0. The van der Waals surface area contributed by atoms with Gasteiger partial charge in [-0.3, -0.25) is 9.98 Å². The van der Waals surface area contributed by atoms with Gasteiger partial charge in [0.1, 0.15) is 0 Å². The average Bonchev–Trinajstić information content (AvgIpc) is 3.24. The lowest BCUT2D eigenvalue weighted by Gasteiger charge is -2.11. The molecule has 3 aromatic rings. The Bertz CT molecular complexity index is 1060. The molecule has 9 nitrogen and oxygen atoms in total. The standard InChI is InChI=1S/C14H11N7O2S/c15-24(22,23)12-3-1-2-10(13(12)14-18-20-21-19-14)8-4-9-5-16-7-11(9)17-6-8/h1-6H,7H2,(H2,15,22,23)(H,18,19,20,21). The molecule has 3 N–H and O–H groups in total. The maximum absolute atomic E-state index is 12.0. The van der Waals surface area contributed by atoms with E-state index in [2.05, 4.69) is 30.6 Å². The Morgan fingerprint density at radius 3 is 2.88 bits per heavy atom. The number of sulfonamides is 1. The highest BCUT2D eigenvalue weighted by Crippen LogP contribution is 2.35. The monoisotopic (exact) mass is 341 g/mol. The summed E-state index contributed by atoms with van der Waals surface area (Å²) in [6.07, 6.45) is 3.41. The lowest BCUT2D eigenvalue weighted by molar-refractivity contribution is 0.598. The highest BCUT2D eigenvalue weighted by atomic mass is 32.2. The molecule has 0 saturated heterocycles. The van der Waals surface area contributed by atoms with Crippen molar-refractivity contribution in [2.75, 3.05) is 0 Å². The SMILES string of the molecule is NS(=O)(=O)c1cccc(-c2cnc3c(c2)C=NC3)c1-c1nn[nH]n1. The van der Waals surface area contributed by atoms with Gasteiger partial charge in [-0.2, -0.15) is 5.21 Å². The van der Waals surface area contributed by atoms with E-state index in [9.17, 15) is 8.42 Å². The molecule has 0 amide bonds. The van der Waals surface area contributed by atoms with Crippen LogP contribution in [0.4, 0.5) is 0 Å². The number of aromatic amines is 1. The van der Waals surface area contributed by atoms with E-state index >= 15 is 0 Å². The Morgan fingerprint density at radius 1 is 1.25 bits per heavy atom.